The molecule has 0 fully saturated rings. The Morgan fingerprint density at radius 2 is 0.878 bits per heavy atom. The largest absolute Gasteiger partial charge is 0.455 e. The molecule has 3 nitrogen and oxygen atoms in total. The Kier molecular flexibility index (Phi) is 6.18. The highest BCUT2D eigenvalue weighted by molar-refractivity contribution is 6.34. The first kappa shape index (κ1) is 27.5. The average Bonchev–Trinajstić information content (AvgIpc) is 3.58. The molecule has 2 aromatic heterocycles. The first-order valence-corrected chi connectivity index (χ1v) is 16.6. The summed E-state index contributed by atoms with van der Waals surface area (Å²) in [6.07, 6.45) is 0. The number of benzene rings is 8. The van der Waals surface area contributed by atoms with E-state index in [1.54, 1.807) is 0 Å². The van der Waals surface area contributed by atoms with Crippen LogP contribution in [0.5, 0.6) is 0 Å². The van der Waals surface area contributed by atoms with Crippen molar-refractivity contribution in [2.24, 2.45) is 0 Å². The summed E-state index contributed by atoms with van der Waals surface area (Å²) in [5.74, 6) is 0.703. The van der Waals surface area contributed by atoms with E-state index in [0.717, 1.165) is 66.5 Å². The third-order valence-electron chi connectivity index (χ3n) is 9.65. The Morgan fingerprint density at radius 1 is 0.347 bits per heavy atom. The van der Waals surface area contributed by atoms with Gasteiger partial charge in [0.25, 0.3) is 0 Å². The molecule has 10 rings (SSSR count). The van der Waals surface area contributed by atoms with Crippen LogP contribution in [0.3, 0.4) is 0 Å². The third kappa shape index (κ3) is 4.44. The normalized spacial score (nSPS) is 11.7. The minimum atomic E-state index is 0.703. The number of para-hydroxylation sites is 1. The van der Waals surface area contributed by atoms with Crippen molar-refractivity contribution < 1.29 is 4.42 Å². The van der Waals surface area contributed by atoms with Crippen molar-refractivity contribution in [3.63, 3.8) is 0 Å². The summed E-state index contributed by atoms with van der Waals surface area (Å²) in [6, 6.07) is 59.5. The van der Waals surface area contributed by atoms with E-state index in [4.69, 9.17) is 14.4 Å². The lowest BCUT2D eigenvalue weighted by Crippen LogP contribution is -1.96. The molecule has 0 aliphatic rings. The fraction of sp³-hybridized carbons (Fsp3) is 0. The standard InChI is InChI=1S/C46H28N2O/c1-3-14-29(15-4-1)40-28-41(48-46(47-40)30-16-5-2-6-17-30)32-19-13-18-31(26-32)38-27-39-35-22-8-7-20-33(35)34-21-9-10-23-36(34)43(39)45-44(38)37-24-11-12-25-42(37)49-45/h1-28H. The van der Waals surface area contributed by atoms with Gasteiger partial charge in [0, 0.05) is 32.8 Å². The van der Waals surface area contributed by atoms with Crippen molar-refractivity contribution in [2.75, 3.05) is 0 Å². The van der Waals surface area contributed by atoms with E-state index in [1.165, 1.54) is 26.9 Å². The fourth-order valence-corrected chi connectivity index (χ4v) is 7.41. The predicted molar refractivity (Wildman–Crippen MR) is 204 cm³/mol. The molecule has 0 unspecified atom stereocenters. The second kappa shape index (κ2) is 11.0. The van der Waals surface area contributed by atoms with Gasteiger partial charge < -0.3 is 4.42 Å². The first-order chi connectivity index (χ1) is 24.3. The topological polar surface area (TPSA) is 38.9 Å². The number of fused-ring (bicyclic) bond motifs is 10. The maximum atomic E-state index is 6.81. The summed E-state index contributed by atoms with van der Waals surface area (Å²) in [5, 5.41) is 9.44. The molecular formula is C46H28N2O. The van der Waals surface area contributed by atoms with Gasteiger partial charge in [-0.05, 0) is 62.3 Å². The van der Waals surface area contributed by atoms with Crippen LogP contribution in [-0.2, 0) is 0 Å². The second-order valence-electron chi connectivity index (χ2n) is 12.5. The number of hydrogen-bond acceptors (Lipinski definition) is 3. The van der Waals surface area contributed by atoms with E-state index in [0.29, 0.717) is 5.82 Å². The van der Waals surface area contributed by atoms with Crippen LogP contribution in [0.2, 0.25) is 0 Å². The van der Waals surface area contributed by atoms with Gasteiger partial charge in [-0.25, -0.2) is 9.97 Å². The maximum Gasteiger partial charge on any atom is 0.160 e. The molecule has 2 heterocycles. The molecule has 8 aromatic carbocycles. The van der Waals surface area contributed by atoms with Crippen LogP contribution in [0.4, 0.5) is 0 Å². The summed E-state index contributed by atoms with van der Waals surface area (Å²) in [7, 11) is 0. The molecule has 0 bridgehead atoms. The first-order valence-electron chi connectivity index (χ1n) is 16.6. The van der Waals surface area contributed by atoms with Crippen LogP contribution in [0, 0.1) is 0 Å². The molecule has 0 atom stereocenters. The molecule has 0 radical (unpaired) electrons. The highest BCUT2D eigenvalue weighted by Crippen LogP contribution is 2.46. The minimum absolute atomic E-state index is 0.703. The molecule has 0 amide bonds. The van der Waals surface area contributed by atoms with Gasteiger partial charge in [-0.15, -0.1) is 0 Å². The highest BCUT2D eigenvalue weighted by Gasteiger charge is 2.20. The molecule has 0 N–H and O–H groups in total. The zero-order valence-corrected chi connectivity index (χ0v) is 26.5. The van der Waals surface area contributed by atoms with Crippen molar-refractivity contribution in [1.29, 1.82) is 0 Å². The Bertz CT molecular complexity index is 2810. The van der Waals surface area contributed by atoms with Gasteiger partial charge in [0.1, 0.15) is 11.2 Å². The van der Waals surface area contributed by atoms with Gasteiger partial charge in [0.05, 0.1) is 11.4 Å². The lowest BCUT2D eigenvalue weighted by atomic mass is 9.89. The Labute approximate surface area is 282 Å². The van der Waals surface area contributed by atoms with Crippen LogP contribution in [-0.4, -0.2) is 9.97 Å². The maximum absolute atomic E-state index is 6.81. The minimum Gasteiger partial charge on any atom is -0.455 e. The zero-order chi connectivity index (χ0) is 32.3. The number of nitrogens with zero attached hydrogens (tertiary/aromatic N) is 2. The molecular weight excluding hydrogens is 597 g/mol. The molecule has 0 saturated carbocycles. The number of furan rings is 1. The van der Waals surface area contributed by atoms with Crippen molar-refractivity contribution in [1.82, 2.24) is 9.97 Å². The molecule has 228 valence electrons. The van der Waals surface area contributed by atoms with Crippen LogP contribution in [0.15, 0.2) is 174 Å². The summed E-state index contributed by atoms with van der Waals surface area (Å²) in [6.45, 7) is 0. The molecule has 49 heavy (non-hydrogen) atoms. The monoisotopic (exact) mass is 624 g/mol. The number of hydrogen-bond donors (Lipinski definition) is 0. The van der Waals surface area contributed by atoms with Crippen LogP contribution < -0.4 is 0 Å². The van der Waals surface area contributed by atoms with Crippen molar-refractivity contribution in [3.8, 4) is 45.0 Å². The van der Waals surface area contributed by atoms with E-state index in [9.17, 15) is 0 Å². The van der Waals surface area contributed by atoms with E-state index in [2.05, 4.69) is 127 Å². The summed E-state index contributed by atoms with van der Waals surface area (Å²) in [4.78, 5) is 10.1. The quantitative estimate of drug-likeness (QED) is 0.183. The summed E-state index contributed by atoms with van der Waals surface area (Å²) in [5.41, 5.74) is 8.87. The van der Waals surface area contributed by atoms with Gasteiger partial charge in [0.2, 0.25) is 0 Å². The zero-order valence-electron chi connectivity index (χ0n) is 26.5. The smallest absolute Gasteiger partial charge is 0.160 e. The Balaban J connectivity index is 1.27. The average molecular weight is 625 g/mol. The van der Waals surface area contributed by atoms with Gasteiger partial charge in [-0.2, -0.15) is 0 Å². The fourth-order valence-electron chi connectivity index (χ4n) is 7.41. The number of aromatic nitrogens is 2. The van der Waals surface area contributed by atoms with Crippen LogP contribution in [0.25, 0.3) is 99.3 Å². The molecule has 10 aromatic rings. The molecule has 0 aliphatic carbocycles. The summed E-state index contributed by atoms with van der Waals surface area (Å²) < 4.78 is 6.81. The van der Waals surface area contributed by atoms with Gasteiger partial charge in [-0.3, -0.25) is 0 Å². The molecule has 3 heteroatoms. The van der Waals surface area contributed by atoms with Crippen LogP contribution >= 0.6 is 0 Å². The van der Waals surface area contributed by atoms with Crippen molar-refractivity contribution >= 4 is 54.3 Å². The van der Waals surface area contributed by atoms with Crippen LogP contribution in [0.1, 0.15) is 0 Å². The van der Waals surface area contributed by atoms with Gasteiger partial charge in [-0.1, -0.05) is 146 Å². The highest BCUT2D eigenvalue weighted by atomic mass is 16.3. The van der Waals surface area contributed by atoms with E-state index in [-0.39, 0.29) is 0 Å². The molecule has 0 aliphatic heterocycles. The second-order valence-corrected chi connectivity index (χ2v) is 12.5. The molecule has 0 saturated heterocycles. The van der Waals surface area contributed by atoms with E-state index in [1.807, 2.05) is 42.5 Å². The van der Waals surface area contributed by atoms with E-state index < -0.39 is 0 Å². The Morgan fingerprint density at radius 3 is 1.61 bits per heavy atom. The predicted octanol–water partition coefficient (Wildman–Crippen LogP) is 12.5. The third-order valence-corrected chi connectivity index (χ3v) is 9.65. The molecule has 0 spiro atoms. The van der Waals surface area contributed by atoms with Crippen molar-refractivity contribution in [2.45, 2.75) is 0 Å². The number of rotatable bonds is 4. The summed E-state index contributed by atoms with van der Waals surface area (Å²) >= 11 is 0. The lowest BCUT2D eigenvalue weighted by Gasteiger charge is -2.14. The Hall–Kier alpha value is -6.58. The van der Waals surface area contributed by atoms with E-state index >= 15 is 0 Å². The SMILES string of the molecule is c1ccc(-c2cc(-c3cccc(-c4cc5c6ccccc6c6ccccc6c5c5oc6ccccc6c45)c3)nc(-c3ccccc3)n2)cc1. The van der Waals surface area contributed by atoms with Gasteiger partial charge in [0.15, 0.2) is 5.82 Å². The van der Waals surface area contributed by atoms with Crippen molar-refractivity contribution in [3.05, 3.63) is 170 Å². The van der Waals surface area contributed by atoms with Gasteiger partial charge >= 0.3 is 0 Å². The lowest BCUT2D eigenvalue weighted by molar-refractivity contribution is 0.673.